The molecule has 120 valence electrons. The number of hydrogen-bond acceptors (Lipinski definition) is 2. The fourth-order valence-electron chi connectivity index (χ4n) is 3.07. The van der Waals surface area contributed by atoms with Gasteiger partial charge in [0.15, 0.2) is 4.77 Å². The Kier molecular flexibility index (Phi) is 3.93. The van der Waals surface area contributed by atoms with Crippen LogP contribution in [-0.4, -0.2) is 9.55 Å². The van der Waals surface area contributed by atoms with Crippen molar-refractivity contribution in [3.63, 3.8) is 0 Å². The molecule has 1 aromatic heterocycles. The molecule has 1 heterocycles. The number of imidazole rings is 1. The van der Waals surface area contributed by atoms with Crippen LogP contribution >= 0.6 is 12.2 Å². The van der Waals surface area contributed by atoms with Crippen molar-refractivity contribution >= 4 is 23.3 Å². The zero-order valence-electron chi connectivity index (χ0n) is 13.4. The second-order valence-corrected chi connectivity index (χ2v) is 6.27. The number of nitrogens with zero attached hydrogens (tertiary/aromatic N) is 2. The van der Waals surface area contributed by atoms with Crippen molar-refractivity contribution in [2.45, 2.75) is 6.54 Å². The minimum atomic E-state index is 0.689. The Morgan fingerprint density at radius 3 is 2.44 bits per heavy atom. The second-order valence-electron chi connectivity index (χ2n) is 5.89. The van der Waals surface area contributed by atoms with E-state index in [1.807, 2.05) is 42.5 Å². The van der Waals surface area contributed by atoms with Gasteiger partial charge in [-0.15, -0.1) is 0 Å². The largest absolute Gasteiger partial charge is 0.331 e. The maximum absolute atomic E-state index is 9.27. The van der Waals surface area contributed by atoms with Crippen LogP contribution in [-0.2, 0) is 6.54 Å². The Hall–Kier alpha value is -3.16. The quantitative estimate of drug-likeness (QED) is 0.515. The lowest BCUT2D eigenvalue weighted by atomic mass is 9.99. The maximum Gasteiger partial charge on any atom is 0.178 e. The van der Waals surface area contributed by atoms with Crippen LogP contribution in [0.15, 0.2) is 72.8 Å². The maximum atomic E-state index is 9.27. The van der Waals surface area contributed by atoms with Gasteiger partial charge in [0.1, 0.15) is 0 Å². The highest BCUT2D eigenvalue weighted by Gasteiger charge is 2.06. The first-order valence-corrected chi connectivity index (χ1v) is 8.43. The third kappa shape index (κ3) is 2.86. The van der Waals surface area contributed by atoms with E-state index in [1.165, 1.54) is 5.56 Å². The minimum Gasteiger partial charge on any atom is -0.331 e. The number of H-pyrrole nitrogens is 1. The topological polar surface area (TPSA) is 44.5 Å². The fourth-order valence-corrected chi connectivity index (χ4v) is 3.34. The number of rotatable bonds is 3. The van der Waals surface area contributed by atoms with E-state index in [-0.39, 0.29) is 0 Å². The van der Waals surface area contributed by atoms with Gasteiger partial charge in [0.2, 0.25) is 0 Å². The molecular formula is C21H15N3S. The molecule has 1 N–H and O–H groups in total. The molecule has 0 atom stereocenters. The van der Waals surface area contributed by atoms with E-state index < -0.39 is 0 Å². The van der Waals surface area contributed by atoms with Crippen LogP contribution in [0.2, 0.25) is 0 Å². The van der Waals surface area contributed by atoms with Crippen molar-refractivity contribution < 1.29 is 0 Å². The van der Waals surface area contributed by atoms with Gasteiger partial charge in [-0.05, 0) is 47.1 Å². The van der Waals surface area contributed by atoms with E-state index in [9.17, 15) is 5.26 Å². The average molecular weight is 341 g/mol. The number of hydrogen-bond donors (Lipinski definition) is 1. The van der Waals surface area contributed by atoms with Crippen LogP contribution < -0.4 is 0 Å². The Morgan fingerprint density at radius 2 is 1.64 bits per heavy atom. The highest BCUT2D eigenvalue weighted by Crippen LogP contribution is 2.24. The summed E-state index contributed by atoms with van der Waals surface area (Å²) in [5.41, 5.74) is 6.01. The summed E-state index contributed by atoms with van der Waals surface area (Å²) >= 11 is 5.46. The molecule has 4 aromatic rings. The first-order chi connectivity index (χ1) is 12.3. The van der Waals surface area contributed by atoms with Gasteiger partial charge in [-0.2, -0.15) is 5.26 Å². The van der Waals surface area contributed by atoms with Crippen LogP contribution in [0.4, 0.5) is 0 Å². The Labute approximate surface area is 150 Å². The zero-order chi connectivity index (χ0) is 17.2. The fraction of sp³-hybridized carbons (Fsp3) is 0.0476. The summed E-state index contributed by atoms with van der Waals surface area (Å²) in [6.07, 6.45) is 0. The lowest BCUT2D eigenvalue weighted by molar-refractivity contribution is 0.810. The highest BCUT2D eigenvalue weighted by atomic mass is 32.1. The number of benzene rings is 3. The summed E-state index contributed by atoms with van der Waals surface area (Å²) in [5.74, 6) is 0. The van der Waals surface area contributed by atoms with Crippen LogP contribution in [0, 0.1) is 16.1 Å². The van der Waals surface area contributed by atoms with Crippen molar-refractivity contribution in [3.05, 3.63) is 88.7 Å². The summed E-state index contributed by atoms with van der Waals surface area (Å²) in [5, 5.41) is 9.27. The molecule has 0 unspecified atom stereocenters. The molecule has 0 bridgehead atoms. The summed E-state index contributed by atoms with van der Waals surface area (Å²) in [4.78, 5) is 3.24. The molecule has 0 amide bonds. The van der Waals surface area contributed by atoms with Gasteiger partial charge in [-0.25, -0.2) is 0 Å². The molecule has 4 rings (SSSR count). The SMILES string of the molecule is N#Cc1ccccc1-c1ccc(Cn2c(=S)[nH]c3ccccc32)cc1. The Morgan fingerprint density at radius 1 is 0.920 bits per heavy atom. The Balaban J connectivity index is 1.68. The molecule has 0 spiro atoms. The normalized spacial score (nSPS) is 10.7. The molecule has 0 aliphatic carbocycles. The van der Waals surface area contributed by atoms with E-state index >= 15 is 0 Å². The first kappa shape index (κ1) is 15.4. The predicted octanol–water partition coefficient (Wildman–Crippen LogP) is 5.29. The van der Waals surface area contributed by atoms with Gasteiger partial charge in [0, 0.05) is 0 Å². The van der Waals surface area contributed by atoms with Crippen molar-refractivity contribution in [2.75, 3.05) is 0 Å². The number of nitriles is 1. The number of nitrogens with one attached hydrogen (secondary N) is 1. The lowest BCUT2D eigenvalue weighted by Crippen LogP contribution is -1.99. The number of para-hydroxylation sites is 2. The van der Waals surface area contributed by atoms with E-state index in [0.717, 1.165) is 26.9 Å². The van der Waals surface area contributed by atoms with Crippen LogP contribution in [0.25, 0.3) is 22.2 Å². The van der Waals surface area contributed by atoms with E-state index in [2.05, 4.69) is 46.0 Å². The molecular weight excluding hydrogens is 326 g/mol. The minimum absolute atomic E-state index is 0.689. The molecule has 3 aromatic carbocycles. The van der Waals surface area contributed by atoms with Gasteiger partial charge >= 0.3 is 0 Å². The summed E-state index contributed by atoms with van der Waals surface area (Å²) in [6, 6.07) is 26.3. The predicted molar refractivity (Wildman–Crippen MR) is 103 cm³/mol. The first-order valence-electron chi connectivity index (χ1n) is 8.02. The monoisotopic (exact) mass is 341 g/mol. The molecule has 4 heteroatoms. The average Bonchev–Trinajstić information content (AvgIpc) is 2.98. The molecule has 0 saturated carbocycles. The molecule has 0 fully saturated rings. The molecule has 25 heavy (non-hydrogen) atoms. The molecule has 0 aliphatic rings. The zero-order valence-corrected chi connectivity index (χ0v) is 14.3. The van der Waals surface area contributed by atoms with Crippen molar-refractivity contribution in [2.24, 2.45) is 0 Å². The number of fused-ring (bicyclic) bond motifs is 1. The van der Waals surface area contributed by atoms with Crippen LogP contribution in [0.5, 0.6) is 0 Å². The smallest absolute Gasteiger partial charge is 0.178 e. The van der Waals surface area contributed by atoms with Gasteiger partial charge in [0.25, 0.3) is 0 Å². The standard InChI is InChI=1S/C21H15N3S/c22-13-17-5-1-2-6-18(17)16-11-9-15(10-12-16)14-24-20-8-4-3-7-19(20)23-21(24)25/h1-12H,14H2,(H,23,25). The second kappa shape index (κ2) is 6.39. The van der Waals surface area contributed by atoms with Crippen molar-refractivity contribution in [1.29, 1.82) is 5.26 Å². The highest BCUT2D eigenvalue weighted by molar-refractivity contribution is 7.71. The summed E-state index contributed by atoms with van der Waals surface area (Å²) < 4.78 is 2.82. The third-order valence-electron chi connectivity index (χ3n) is 4.33. The van der Waals surface area contributed by atoms with Gasteiger partial charge in [-0.3, -0.25) is 0 Å². The van der Waals surface area contributed by atoms with E-state index in [4.69, 9.17) is 12.2 Å². The van der Waals surface area contributed by atoms with Crippen LogP contribution in [0.1, 0.15) is 11.1 Å². The summed E-state index contributed by atoms with van der Waals surface area (Å²) in [6.45, 7) is 0.711. The molecule has 3 nitrogen and oxygen atoms in total. The Bertz CT molecular complexity index is 1140. The lowest BCUT2D eigenvalue weighted by Gasteiger charge is -2.08. The number of aromatic nitrogens is 2. The van der Waals surface area contributed by atoms with E-state index in [1.54, 1.807) is 0 Å². The summed E-state index contributed by atoms with van der Waals surface area (Å²) in [7, 11) is 0. The molecule has 0 saturated heterocycles. The van der Waals surface area contributed by atoms with Gasteiger partial charge in [-0.1, -0.05) is 54.6 Å². The van der Waals surface area contributed by atoms with Crippen molar-refractivity contribution in [1.82, 2.24) is 9.55 Å². The van der Waals surface area contributed by atoms with Gasteiger partial charge < -0.3 is 9.55 Å². The number of aromatic amines is 1. The van der Waals surface area contributed by atoms with E-state index in [0.29, 0.717) is 12.1 Å². The third-order valence-corrected chi connectivity index (χ3v) is 4.66. The molecule has 0 radical (unpaired) electrons. The molecule has 0 aliphatic heterocycles. The van der Waals surface area contributed by atoms with Crippen LogP contribution in [0.3, 0.4) is 0 Å². The van der Waals surface area contributed by atoms with Crippen molar-refractivity contribution in [3.8, 4) is 17.2 Å². The van der Waals surface area contributed by atoms with Gasteiger partial charge in [0.05, 0.1) is 29.2 Å².